The van der Waals surface area contributed by atoms with Crippen LogP contribution in [0.3, 0.4) is 0 Å². The monoisotopic (exact) mass is 390 g/mol. The number of rotatable bonds is 5. The number of halogens is 1. The van der Waals surface area contributed by atoms with Gasteiger partial charge < -0.3 is 14.8 Å². The maximum atomic E-state index is 12.4. The summed E-state index contributed by atoms with van der Waals surface area (Å²) in [6.07, 6.45) is 5.19. The molecule has 3 aromatic rings. The van der Waals surface area contributed by atoms with Crippen LogP contribution in [0.25, 0.3) is 5.65 Å². The Labute approximate surface area is 163 Å². The molecule has 3 heterocycles. The van der Waals surface area contributed by atoms with Gasteiger partial charge in [-0.3, -0.25) is 4.79 Å². The van der Waals surface area contributed by atoms with Crippen LogP contribution in [0.5, 0.6) is 0 Å². The number of hydrogen-bond acceptors (Lipinski definition) is 6. The number of fused-ring (bicyclic) bond motifs is 1. The lowest BCUT2D eigenvalue weighted by molar-refractivity contribution is 0.0901. The van der Waals surface area contributed by atoms with Crippen molar-refractivity contribution in [2.75, 3.05) is 14.1 Å². The average Bonchev–Trinajstić information content (AvgIpc) is 3.15. The van der Waals surface area contributed by atoms with Crippen molar-refractivity contribution in [1.29, 1.82) is 0 Å². The molecule has 0 radical (unpaired) electrons. The molecule has 0 spiro atoms. The highest BCUT2D eigenvalue weighted by Gasteiger charge is 2.35. The smallest absolute Gasteiger partial charge is 0.272 e. The number of aromatic nitrogens is 6. The molecule has 0 atom stereocenters. The predicted octanol–water partition coefficient (Wildman–Crippen LogP) is 1.02. The summed E-state index contributed by atoms with van der Waals surface area (Å²) in [4.78, 5) is 18.7. The minimum absolute atomic E-state index is 0. The third kappa shape index (κ3) is 3.79. The van der Waals surface area contributed by atoms with Gasteiger partial charge in [0.1, 0.15) is 11.6 Å². The van der Waals surface area contributed by atoms with Crippen molar-refractivity contribution in [3.63, 3.8) is 0 Å². The van der Waals surface area contributed by atoms with E-state index in [1.165, 1.54) is 0 Å². The summed E-state index contributed by atoms with van der Waals surface area (Å²) in [5, 5.41) is 15.9. The fraction of sp³-hybridized carbons (Fsp3) is 0.471. The molecule has 0 aromatic carbocycles. The van der Waals surface area contributed by atoms with Crippen LogP contribution in [-0.2, 0) is 13.6 Å². The molecule has 3 aromatic heterocycles. The van der Waals surface area contributed by atoms with Crippen molar-refractivity contribution in [3.05, 3.63) is 41.9 Å². The van der Waals surface area contributed by atoms with Gasteiger partial charge in [0, 0.05) is 37.5 Å². The zero-order valence-corrected chi connectivity index (χ0v) is 16.3. The third-order valence-electron chi connectivity index (χ3n) is 4.76. The highest BCUT2D eigenvalue weighted by Crippen LogP contribution is 2.36. The second-order valence-corrected chi connectivity index (χ2v) is 7.06. The molecule has 1 aliphatic rings. The molecule has 144 valence electrons. The summed E-state index contributed by atoms with van der Waals surface area (Å²) < 4.78 is 3.67. The molecule has 0 saturated heterocycles. The fourth-order valence-corrected chi connectivity index (χ4v) is 3.30. The van der Waals surface area contributed by atoms with Gasteiger partial charge in [0.05, 0.1) is 6.54 Å². The number of carbonyl (C=O) groups excluding carboxylic acids is 1. The molecule has 1 fully saturated rings. The van der Waals surface area contributed by atoms with Gasteiger partial charge in [0.2, 0.25) is 0 Å². The summed E-state index contributed by atoms with van der Waals surface area (Å²) in [5.41, 5.74) is 1.05. The van der Waals surface area contributed by atoms with Crippen molar-refractivity contribution < 1.29 is 4.79 Å². The third-order valence-corrected chi connectivity index (χ3v) is 4.76. The molecule has 9 nitrogen and oxygen atoms in total. The Morgan fingerprint density at radius 1 is 1.33 bits per heavy atom. The molecular formula is C17H23ClN8O. The highest BCUT2D eigenvalue weighted by atomic mass is 35.5. The van der Waals surface area contributed by atoms with Gasteiger partial charge in [-0.25, -0.2) is 9.50 Å². The maximum Gasteiger partial charge on any atom is 0.272 e. The van der Waals surface area contributed by atoms with Crippen LogP contribution in [0, 0.1) is 0 Å². The molecular weight excluding hydrogens is 368 g/mol. The summed E-state index contributed by atoms with van der Waals surface area (Å²) in [6, 6.07) is 3.62. The van der Waals surface area contributed by atoms with Crippen LogP contribution < -0.4 is 5.32 Å². The number of amides is 1. The first-order chi connectivity index (χ1) is 12.5. The van der Waals surface area contributed by atoms with Crippen LogP contribution in [0.15, 0.2) is 24.5 Å². The SMILES string of the molecule is CN(C)Cc1nnc(C2CC(NC(=O)c3cc4ncccn4n3)C2)n1C.Cl. The van der Waals surface area contributed by atoms with E-state index >= 15 is 0 Å². The van der Waals surface area contributed by atoms with E-state index in [0.29, 0.717) is 17.3 Å². The Kier molecular flexibility index (Phi) is 5.43. The van der Waals surface area contributed by atoms with Crippen LogP contribution in [0.1, 0.15) is 40.9 Å². The Balaban J connectivity index is 0.00000210. The predicted molar refractivity (Wildman–Crippen MR) is 102 cm³/mol. The van der Waals surface area contributed by atoms with Gasteiger partial charge in [-0.05, 0) is 33.0 Å². The zero-order valence-electron chi connectivity index (χ0n) is 15.5. The van der Waals surface area contributed by atoms with Crippen LogP contribution in [-0.4, -0.2) is 60.3 Å². The van der Waals surface area contributed by atoms with Crippen LogP contribution >= 0.6 is 12.4 Å². The molecule has 1 N–H and O–H groups in total. The van der Waals surface area contributed by atoms with Gasteiger partial charge in [-0.2, -0.15) is 5.10 Å². The molecule has 1 amide bonds. The first-order valence-corrected chi connectivity index (χ1v) is 8.65. The minimum atomic E-state index is -0.162. The maximum absolute atomic E-state index is 12.4. The van der Waals surface area contributed by atoms with Crippen molar-refractivity contribution in [2.24, 2.45) is 7.05 Å². The quantitative estimate of drug-likeness (QED) is 0.699. The zero-order chi connectivity index (χ0) is 18.3. The van der Waals surface area contributed by atoms with Crippen molar-refractivity contribution in [3.8, 4) is 0 Å². The molecule has 0 aliphatic heterocycles. The number of hydrogen-bond donors (Lipinski definition) is 1. The van der Waals surface area contributed by atoms with Gasteiger partial charge in [-0.15, -0.1) is 22.6 Å². The highest BCUT2D eigenvalue weighted by molar-refractivity contribution is 5.93. The van der Waals surface area contributed by atoms with E-state index in [1.54, 1.807) is 29.0 Å². The van der Waals surface area contributed by atoms with Gasteiger partial charge >= 0.3 is 0 Å². The van der Waals surface area contributed by atoms with Gasteiger partial charge in [0.15, 0.2) is 11.3 Å². The van der Waals surface area contributed by atoms with E-state index in [9.17, 15) is 4.79 Å². The van der Waals surface area contributed by atoms with E-state index in [2.05, 4.69) is 35.1 Å². The lowest BCUT2D eigenvalue weighted by Crippen LogP contribution is -2.44. The standard InChI is InChI=1S/C17H22N8O.ClH/c1-23(2)10-15-20-21-16(24(15)3)11-7-12(8-11)19-17(26)13-9-14-18-5-4-6-25(14)22-13;/h4-6,9,11-12H,7-8,10H2,1-3H3,(H,19,26);1H. The van der Waals surface area contributed by atoms with E-state index in [0.717, 1.165) is 31.0 Å². The largest absolute Gasteiger partial charge is 0.348 e. The molecule has 0 unspecified atom stereocenters. The van der Waals surface area contributed by atoms with Crippen molar-refractivity contribution in [1.82, 2.24) is 39.6 Å². The molecule has 1 aliphatic carbocycles. The Morgan fingerprint density at radius 3 is 2.81 bits per heavy atom. The van der Waals surface area contributed by atoms with Crippen LogP contribution in [0.2, 0.25) is 0 Å². The van der Waals surface area contributed by atoms with Crippen LogP contribution in [0.4, 0.5) is 0 Å². The topological polar surface area (TPSA) is 93.2 Å². The summed E-state index contributed by atoms with van der Waals surface area (Å²) in [6.45, 7) is 0.762. The molecule has 0 bridgehead atoms. The lowest BCUT2D eigenvalue weighted by atomic mass is 9.79. The number of nitrogens with one attached hydrogen (secondary N) is 1. The first-order valence-electron chi connectivity index (χ1n) is 8.65. The first kappa shape index (κ1) is 19.2. The second kappa shape index (κ2) is 7.61. The van der Waals surface area contributed by atoms with Gasteiger partial charge in [-0.1, -0.05) is 0 Å². The second-order valence-electron chi connectivity index (χ2n) is 7.06. The Bertz CT molecular complexity index is 910. The minimum Gasteiger partial charge on any atom is -0.348 e. The fourth-order valence-electron chi connectivity index (χ4n) is 3.30. The normalized spacial score (nSPS) is 19.0. The molecule has 27 heavy (non-hydrogen) atoms. The summed E-state index contributed by atoms with van der Waals surface area (Å²) >= 11 is 0. The Morgan fingerprint density at radius 2 is 2.11 bits per heavy atom. The summed E-state index contributed by atoms with van der Waals surface area (Å²) in [5.74, 6) is 2.11. The number of nitrogens with zero attached hydrogens (tertiary/aromatic N) is 7. The molecule has 10 heteroatoms. The summed E-state index contributed by atoms with van der Waals surface area (Å²) in [7, 11) is 6.03. The van der Waals surface area contributed by atoms with E-state index in [-0.39, 0.29) is 24.4 Å². The van der Waals surface area contributed by atoms with Crippen molar-refractivity contribution >= 4 is 24.0 Å². The van der Waals surface area contributed by atoms with E-state index < -0.39 is 0 Å². The van der Waals surface area contributed by atoms with E-state index in [4.69, 9.17) is 0 Å². The van der Waals surface area contributed by atoms with Crippen molar-refractivity contribution in [2.45, 2.75) is 31.3 Å². The molecule has 4 rings (SSSR count). The molecule has 1 saturated carbocycles. The van der Waals surface area contributed by atoms with E-state index in [1.807, 2.05) is 21.1 Å². The van der Waals surface area contributed by atoms with Gasteiger partial charge in [0.25, 0.3) is 5.91 Å². The average molecular weight is 391 g/mol. The lowest BCUT2D eigenvalue weighted by Gasteiger charge is -2.34. The Hall–Kier alpha value is -2.52. The number of carbonyl (C=O) groups is 1.